The summed E-state index contributed by atoms with van der Waals surface area (Å²) in [5.74, 6) is -1.53. The number of nitrogens with zero attached hydrogens (tertiary/aromatic N) is 2. The first kappa shape index (κ1) is 16.9. The fourth-order valence-corrected chi connectivity index (χ4v) is 2.33. The fraction of sp³-hybridized carbons (Fsp3) is 0.500. The largest absolute Gasteiger partial charge is 0.477 e. The highest BCUT2D eigenvalue weighted by atomic mass is 32.1. The Balaban J connectivity index is 2.51. The highest BCUT2D eigenvalue weighted by molar-refractivity contribution is 7.13. The van der Waals surface area contributed by atoms with Gasteiger partial charge in [-0.3, -0.25) is 4.79 Å². The van der Waals surface area contributed by atoms with Crippen LogP contribution in [0.2, 0.25) is 0 Å². The van der Waals surface area contributed by atoms with Crippen LogP contribution in [0.1, 0.15) is 27.3 Å². The fourth-order valence-electron chi connectivity index (χ4n) is 1.48. The molecule has 1 aromatic rings. The van der Waals surface area contributed by atoms with Crippen LogP contribution in [0.15, 0.2) is 0 Å². The van der Waals surface area contributed by atoms with Gasteiger partial charge in [0.25, 0.3) is 0 Å². The number of aromatic carboxylic acids is 1. The summed E-state index contributed by atoms with van der Waals surface area (Å²) in [6.45, 7) is 3.48. The summed E-state index contributed by atoms with van der Waals surface area (Å²) >= 11 is 1.01. The first-order valence-corrected chi connectivity index (χ1v) is 7.01. The lowest BCUT2D eigenvalue weighted by atomic mass is 10.4. The van der Waals surface area contributed by atoms with Gasteiger partial charge in [-0.2, -0.15) is 0 Å². The monoisotopic (exact) mass is 315 g/mol. The molecule has 0 saturated carbocycles. The predicted molar refractivity (Wildman–Crippen MR) is 75.3 cm³/mol. The summed E-state index contributed by atoms with van der Waals surface area (Å²) < 4.78 is 4.73. The van der Waals surface area contributed by atoms with Crippen molar-refractivity contribution in [3.63, 3.8) is 0 Å². The Kier molecular flexibility index (Phi) is 6.10. The summed E-state index contributed by atoms with van der Waals surface area (Å²) in [5.41, 5.74) is 0.414. The van der Waals surface area contributed by atoms with Gasteiger partial charge in [0, 0.05) is 7.05 Å². The molecule has 116 valence electrons. The van der Waals surface area contributed by atoms with Gasteiger partial charge in [-0.1, -0.05) is 0 Å². The van der Waals surface area contributed by atoms with Crippen LogP contribution in [0.5, 0.6) is 0 Å². The Morgan fingerprint density at radius 3 is 2.62 bits per heavy atom. The first-order valence-electron chi connectivity index (χ1n) is 6.19. The zero-order chi connectivity index (χ0) is 16.0. The molecule has 0 saturated heterocycles. The van der Waals surface area contributed by atoms with Crippen LogP contribution < -0.4 is 5.32 Å². The number of carboxylic acids is 1. The van der Waals surface area contributed by atoms with Crippen molar-refractivity contribution in [2.45, 2.75) is 20.4 Å². The van der Waals surface area contributed by atoms with E-state index in [2.05, 4.69) is 10.3 Å². The average Bonchev–Trinajstić information content (AvgIpc) is 2.77. The number of likely N-dealkylation sites (N-methyl/N-ethyl adjacent to an activating group) is 1. The normalized spacial score (nSPS) is 10.0. The number of urea groups is 1. The van der Waals surface area contributed by atoms with Gasteiger partial charge in [0.1, 0.15) is 16.4 Å². The van der Waals surface area contributed by atoms with E-state index in [1.54, 1.807) is 13.8 Å². The Labute approximate surface area is 125 Å². The van der Waals surface area contributed by atoms with E-state index >= 15 is 0 Å². The second-order valence-electron chi connectivity index (χ2n) is 4.15. The smallest absolute Gasteiger partial charge is 0.347 e. The number of rotatable bonds is 6. The van der Waals surface area contributed by atoms with Crippen LogP contribution >= 0.6 is 11.3 Å². The number of carbonyl (C=O) groups excluding carboxylic acids is 2. The predicted octanol–water partition coefficient (Wildman–Crippen LogP) is 0.854. The molecule has 1 aromatic heterocycles. The molecule has 1 heterocycles. The number of carboxylic acid groups (broad SMARTS) is 1. The Morgan fingerprint density at radius 2 is 2.10 bits per heavy atom. The highest BCUT2D eigenvalue weighted by Gasteiger charge is 2.16. The maximum absolute atomic E-state index is 11.7. The van der Waals surface area contributed by atoms with Crippen LogP contribution in [0.25, 0.3) is 0 Å². The van der Waals surface area contributed by atoms with Gasteiger partial charge in [-0.25, -0.2) is 14.6 Å². The number of nitrogens with one attached hydrogen (secondary N) is 1. The zero-order valence-electron chi connectivity index (χ0n) is 12.0. The lowest BCUT2D eigenvalue weighted by molar-refractivity contribution is -0.143. The number of ether oxygens (including phenoxy) is 1. The third-order valence-electron chi connectivity index (χ3n) is 2.44. The SMILES string of the molecule is CCOC(=O)CN(C)C(=O)NCc1nc(C)c(C(=O)O)s1. The standard InChI is InChI=1S/C12H17N3O5S/c1-4-20-9(16)6-15(3)12(19)13-5-8-14-7(2)10(21-8)11(17)18/h4-6H2,1-3H3,(H,13,19)(H,17,18). The summed E-state index contributed by atoms with van der Waals surface area (Å²) in [6.07, 6.45) is 0. The number of hydrogen-bond donors (Lipinski definition) is 2. The maximum Gasteiger partial charge on any atom is 0.347 e. The number of aryl methyl sites for hydroxylation is 1. The minimum atomic E-state index is -1.04. The first-order chi connectivity index (χ1) is 9.85. The molecule has 2 N–H and O–H groups in total. The van der Waals surface area contributed by atoms with E-state index in [0.717, 1.165) is 11.3 Å². The number of esters is 1. The van der Waals surface area contributed by atoms with Crippen LogP contribution in [0.3, 0.4) is 0 Å². The molecule has 8 nitrogen and oxygen atoms in total. The molecule has 0 aliphatic heterocycles. The number of carbonyl (C=O) groups is 3. The Morgan fingerprint density at radius 1 is 1.43 bits per heavy atom. The van der Waals surface area contributed by atoms with Crippen molar-refractivity contribution in [1.82, 2.24) is 15.2 Å². The van der Waals surface area contributed by atoms with E-state index in [1.807, 2.05) is 0 Å². The molecule has 0 unspecified atom stereocenters. The number of hydrogen-bond acceptors (Lipinski definition) is 6. The molecule has 0 aliphatic carbocycles. The molecule has 0 aromatic carbocycles. The molecule has 1 rings (SSSR count). The average molecular weight is 315 g/mol. The van der Waals surface area contributed by atoms with Crippen LogP contribution in [-0.2, 0) is 16.1 Å². The van der Waals surface area contributed by atoms with Crippen molar-refractivity contribution < 1.29 is 24.2 Å². The second kappa shape index (κ2) is 7.58. The van der Waals surface area contributed by atoms with Gasteiger partial charge < -0.3 is 20.1 Å². The van der Waals surface area contributed by atoms with Crippen molar-refractivity contribution in [1.29, 1.82) is 0 Å². The van der Waals surface area contributed by atoms with Gasteiger partial charge in [0.05, 0.1) is 18.8 Å². The third-order valence-corrected chi connectivity index (χ3v) is 3.59. The second-order valence-corrected chi connectivity index (χ2v) is 5.23. The minimum Gasteiger partial charge on any atom is -0.477 e. The van der Waals surface area contributed by atoms with Crippen LogP contribution in [-0.4, -0.2) is 53.2 Å². The molecule has 0 aliphatic rings. The minimum absolute atomic E-state index is 0.102. The van der Waals surface area contributed by atoms with E-state index < -0.39 is 18.0 Å². The number of amides is 2. The van der Waals surface area contributed by atoms with E-state index in [0.29, 0.717) is 10.7 Å². The van der Waals surface area contributed by atoms with E-state index in [9.17, 15) is 14.4 Å². The molecule has 0 spiro atoms. The van der Waals surface area contributed by atoms with E-state index in [-0.39, 0.29) is 24.6 Å². The van der Waals surface area contributed by atoms with Gasteiger partial charge >= 0.3 is 18.0 Å². The topological polar surface area (TPSA) is 109 Å². The number of aromatic nitrogens is 1. The summed E-state index contributed by atoms with van der Waals surface area (Å²) in [6, 6.07) is -0.465. The molecule has 2 amide bonds. The van der Waals surface area contributed by atoms with Crippen molar-refractivity contribution in [2.24, 2.45) is 0 Å². The third kappa shape index (κ3) is 5.03. The maximum atomic E-state index is 11.7. The van der Waals surface area contributed by atoms with E-state index in [4.69, 9.17) is 9.84 Å². The molecular formula is C12H17N3O5S. The molecule has 0 atom stereocenters. The quantitative estimate of drug-likeness (QED) is 0.753. The highest BCUT2D eigenvalue weighted by Crippen LogP contribution is 2.17. The molecule has 0 bridgehead atoms. The summed E-state index contributed by atoms with van der Waals surface area (Å²) in [7, 11) is 1.46. The lowest BCUT2D eigenvalue weighted by Gasteiger charge is -2.16. The number of thiazole rings is 1. The van der Waals surface area contributed by atoms with Gasteiger partial charge in [0.15, 0.2) is 0 Å². The Bertz CT molecular complexity index is 543. The molecule has 0 radical (unpaired) electrons. The van der Waals surface area contributed by atoms with Crippen molar-refractivity contribution in [2.75, 3.05) is 20.2 Å². The molecule has 9 heteroatoms. The van der Waals surface area contributed by atoms with E-state index in [1.165, 1.54) is 11.9 Å². The molecule has 21 heavy (non-hydrogen) atoms. The summed E-state index contributed by atoms with van der Waals surface area (Å²) in [5, 5.41) is 12.0. The summed E-state index contributed by atoms with van der Waals surface area (Å²) in [4.78, 5) is 39.3. The van der Waals surface area contributed by atoms with Gasteiger partial charge in [-0.15, -0.1) is 11.3 Å². The van der Waals surface area contributed by atoms with Gasteiger partial charge in [-0.05, 0) is 13.8 Å². The van der Waals surface area contributed by atoms with Gasteiger partial charge in [0.2, 0.25) is 0 Å². The van der Waals surface area contributed by atoms with Crippen molar-refractivity contribution in [3.8, 4) is 0 Å². The van der Waals surface area contributed by atoms with Crippen molar-refractivity contribution in [3.05, 3.63) is 15.6 Å². The zero-order valence-corrected chi connectivity index (χ0v) is 12.8. The molecule has 0 fully saturated rings. The van der Waals surface area contributed by atoms with Crippen molar-refractivity contribution >= 4 is 29.3 Å². The van der Waals surface area contributed by atoms with Crippen LogP contribution in [0, 0.1) is 6.92 Å². The molecular weight excluding hydrogens is 298 g/mol. The lowest BCUT2D eigenvalue weighted by Crippen LogP contribution is -2.40. The van der Waals surface area contributed by atoms with Crippen LogP contribution in [0.4, 0.5) is 4.79 Å². The Hall–Kier alpha value is -2.16.